The molecule has 2 nitrogen and oxygen atoms in total. The molecule has 102 valence electrons. The summed E-state index contributed by atoms with van der Waals surface area (Å²) in [4.78, 5) is 4.61. The molecule has 1 aliphatic rings. The van der Waals surface area contributed by atoms with Crippen molar-refractivity contribution < 1.29 is 4.74 Å². The summed E-state index contributed by atoms with van der Waals surface area (Å²) in [6.07, 6.45) is 2.97. The number of epoxide rings is 1. The van der Waals surface area contributed by atoms with E-state index in [1.54, 1.807) is 0 Å². The Morgan fingerprint density at radius 1 is 1.05 bits per heavy atom. The third kappa shape index (κ3) is 2.97. The van der Waals surface area contributed by atoms with E-state index in [4.69, 9.17) is 4.74 Å². The summed E-state index contributed by atoms with van der Waals surface area (Å²) < 4.78 is 5.53. The van der Waals surface area contributed by atoms with Gasteiger partial charge >= 0.3 is 0 Å². The van der Waals surface area contributed by atoms with E-state index in [9.17, 15) is 0 Å². The van der Waals surface area contributed by atoms with E-state index in [1.165, 1.54) is 11.1 Å². The summed E-state index contributed by atoms with van der Waals surface area (Å²) in [7, 11) is 0. The predicted molar refractivity (Wildman–Crippen MR) is 82.8 cm³/mol. The Morgan fingerprint density at radius 3 is 2.40 bits per heavy atom. The molecule has 0 bridgehead atoms. The molecule has 0 saturated carbocycles. The van der Waals surface area contributed by atoms with Crippen LogP contribution in [-0.4, -0.2) is 17.9 Å². The molecule has 0 aromatic heterocycles. The van der Waals surface area contributed by atoms with Gasteiger partial charge in [0.05, 0.1) is 11.3 Å². The van der Waals surface area contributed by atoms with Gasteiger partial charge in [-0.3, -0.25) is 4.99 Å². The maximum absolute atomic E-state index is 5.53. The number of rotatable bonds is 4. The number of benzene rings is 2. The molecule has 1 fully saturated rings. The topological polar surface area (TPSA) is 24.9 Å². The molecule has 3 rings (SSSR count). The smallest absolute Gasteiger partial charge is 0.122 e. The first-order valence-corrected chi connectivity index (χ1v) is 6.99. The molecule has 20 heavy (non-hydrogen) atoms. The normalized spacial score (nSPS) is 20.2. The molecule has 0 aliphatic carbocycles. The molecule has 0 amide bonds. The Balaban J connectivity index is 1.78. The van der Waals surface area contributed by atoms with Crippen LogP contribution in [0.1, 0.15) is 25.0 Å². The monoisotopic (exact) mass is 265 g/mol. The Labute approximate surface area is 120 Å². The molecule has 2 aromatic rings. The zero-order chi connectivity index (χ0) is 14.0. The predicted octanol–water partition coefficient (Wildman–Crippen LogP) is 4.16. The summed E-state index contributed by atoms with van der Waals surface area (Å²) in [5.41, 5.74) is 3.53. The lowest BCUT2D eigenvalue weighted by atomic mass is 10.0. The van der Waals surface area contributed by atoms with Crippen LogP contribution >= 0.6 is 0 Å². The minimum absolute atomic E-state index is 0.0438. The highest BCUT2D eigenvalue weighted by Gasteiger charge is 2.46. The number of aliphatic imine (C=N–C) groups is 1. The first-order valence-electron chi connectivity index (χ1n) is 6.99. The van der Waals surface area contributed by atoms with Crippen molar-refractivity contribution in [1.29, 1.82) is 0 Å². The van der Waals surface area contributed by atoms with Crippen LogP contribution in [0.2, 0.25) is 0 Å². The first kappa shape index (κ1) is 13.1. The van der Waals surface area contributed by atoms with Gasteiger partial charge in [-0.1, -0.05) is 48.5 Å². The summed E-state index contributed by atoms with van der Waals surface area (Å²) >= 11 is 0. The molecule has 2 aromatic carbocycles. The zero-order valence-corrected chi connectivity index (χ0v) is 11.9. The fourth-order valence-electron chi connectivity index (χ4n) is 2.25. The van der Waals surface area contributed by atoms with Crippen molar-refractivity contribution in [2.45, 2.75) is 32.0 Å². The molecule has 1 aliphatic heterocycles. The van der Waals surface area contributed by atoms with Crippen molar-refractivity contribution in [3.63, 3.8) is 0 Å². The van der Waals surface area contributed by atoms with Crippen molar-refractivity contribution in [3.8, 4) is 0 Å². The highest BCUT2D eigenvalue weighted by molar-refractivity contribution is 5.73. The van der Waals surface area contributed by atoms with Crippen molar-refractivity contribution in [2.75, 3.05) is 0 Å². The van der Waals surface area contributed by atoms with E-state index < -0.39 is 0 Å². The van der Waals surface area contributed by atoms with Gasteiger partial charge in [-0.2, -0.15) is 0 Å². The molecule has 2 heteroatoms. The van der Waals surface area contributed by atoms with Crippen LogP contribution in [0.4, 0.5) is 5.69 Å². The average molecular weight is 265 g/mol. The molecule has 1 saturated heterocycles. The Morgan fingerprint density at radius 2 is 1.70 bits per heavy atom. The lowest BCUT2D eigenvalue weighted by molar-refractivity contribution is 0.337. The quantitative estimate of drug-likeness (QED) is 0.602. The van der Waals surface area contributed by atoms with Gasteiger partial charge in [0.2, 0.25) is 0 Å². The molecule has 1 atom stereocenters. The second kappa shape index (κ2) is 5.22. The highest BCUT2D eigenvalue weighted by Crippen LogP contribution is 2.34. The largest absolute Gasteiger partial charge is 0.361 e. The minimum atomic E-state index is -0.0438. The SMILES string of the molecule is CC1(C)OC1C=Nc1ccccc1Cc1ccccc1. The van der Waals surface area contributed by atoms with Gasteiger partial charge in [0, 0.05) is 6.21 Å². The summed E-state index contributed by atoms with van der Waals surface area (Å²) in [6, 6.07) is 18.8. The van der Waals surface area contributed by atoms with Crippen molar-refractivity contribution in [3.05, 3.63) is 65.7 Å². The maximum atomic E-state index is 5.53. The summed E-state index contributed by atoms with van der Waals surface area (Å²) in [5.74, 6) is 0. The second-order valence-corrected chi connectivity index (χ2v) is 5.71. The van der Waals surface area contributed by atoms with Crippen LogP contribution in [0.25, 0.3) is 0 Å². The number of ether oxygens (including phenoxy) is 1. The van der Waals surface area contributed by atoms with E-state index in [-0.39, 0.29) is 11.7 Å². The standard InChI is InChI=1S/C18H19NO/c1-18(2)17(20-18)13-19-16-11-7-6-10-15(16)12-14-8-4-3-5-9-14/h3-11,13,17H,12H2,1-2H3. The van der Waals surface area contributed by atoms with Gasteiger partial charge in [-0.15, -0.1) is 0 Å². The molecule has 1 heterocycles. The van der Waals surface area contributed by atoms with Gasteiger partial charge in [0.15, 0.2) is 0 Å². The van der Waals surface area contributed by atoms with Crippen molar-refractivity contribution in [2.24, 2.45) is 4.99 Å². The van der Waals surface area contributed by atoms with Crippen LogP contribution in [0.3, 0.4) is 0 Å². The van der Waals surface area contributed by atoms with E-state index in [0.29, 0.717) is 0 Å². The number of nitrogens with zero attached hydrogens (tertiary/aromatic N) is 1. The van der Waals surface area contributed by atoms with E-state index >= 15 is 0 Å². The number of hydrogen-bond donors (Lipinski definition) is 0. The molecular weight excluding hydrogens is 246 g/mol. The Bertz CT molecular complexity index is 616. The second-order valence-electron chi connectivity index (χ2n) is 5.71. The van der Waals surface area contributed by atoms with Gasteiger partial charge in [-0.05, 0) is 37.5 Å². The fraction of sp³-hybridized carbons (Fsp3) is 0.278. The third-order valence-electron chi connectivity index (χ3n) is 3.64. The molecule has 0 spiro atoms. The summed E-state index contributed by atoms with van der Waals surface area (Å²) in [5, 5.41) is 0. The minimum Gasteiger partial charge on any atom is -0.361 e. The number of hydrogen-bond acceptors (Lipinski definition) is 2. The van der Waals surface area contributed by atoms with Gasteiger partial charge in [0.25, 0.3) is 0 Å². The van der Waals surface area contributed by atoms with Crippen molar-refractivity contribution in [1.82, 2.24) is 0 Å². The highest BCUT2D eigenvalue weighted by atomic mass is 16.6. The van der Waals surface area contributed by atoms with Crippen LogP contribution < -0.4 is 0 Å². The molecule has 1 unspecified atom stereocenters. The van der Waals surface area contributed by atoms with Gasteiger partial charge < -0.3 is 4.74 Å². The van der Waals surface area contributed by atoms with Crippen LogP contribution in [-0.2, 0) is 11.2 Å². The summed E-state index contributed by atoms with van der Waals surface area (Å²) in [6.45, 7) is 4.17. The van der Waals surface area contributed by atoms with E-state index in [1.807, 2.05) is 18.3 Å². The number of para-hydroxylation sites is 1. The van der Waals surface area contributed by atoms with Gasteiger partial charge in [0.1, 0.15) is 6.10 Å². The Hall–Kier alpha value is -1.93. The fourth-order valence-corrected chi connectivity index (χ4v) is 2.25. The average Bonchev–Trinajstić information content (AvgIpc) is 3.06. The van der Waals surface area contributed by atoms with Gasteiger partial charge in [-0.25, -0.2) is 0 Å². The zero-order valence-electron chi connectivity index (χ0n) is 11.9. The maximum Gasteiger partial charge on any atom is 0.122 e. The van der Waals surface area contributed by atoms with Crippen molar-refractivity contribution >= 4 is 11.9 Å². The first-order chi connectivity index (χ1) is 9.65. The van der Waals surface area contributed by atoms with Crippen LogP contribution in [0, 0.1) is 0 Å². The lowest BCUT2D eigenvalue weighted by Gasteiger charge is -2.05. The lowest BCUT2D eigenvalue weighted by Crippen LogP contribution is -2.03. The molecule has 0 N–H and O–H groups in total. The van der Waals surface area contributed by atoms with E-state index in [2.05, 4.69) is 61.3 Å². The molecule has 0 radical (unpaired) electrons. The van der Waals surface area contributed by atoms with Crippen LogP contribution in [0.15, 0.2) is 59.6 Å². The molecular formula is C18H19NO. The van der Waals surface area contributed by atoms with E-state index in [0.717, 1.165) is 12.1 Å². The third-order valence-corrected chi connectivity index (χ3v) is 3.64. The van der Waals surface area contributed by atoms with Crippen LogP contribution in [0.5, 0.6) is 0 Å². The Kier molecular flexibility index (Phi) is 3.41.